The molecule has 0 unspecified atom stereocenters. The van der Waals surface area contributed by atoms with Crippen LogP contribution in [0.4, 0.5) is 5.69 Å². The lowest BCUT2D eigenvalue weighted by atomic mass is 10.2. The van der Waals surface area contributed by atoms with Crippen LogP contribution < -0.4 is 15.8 Å². The molecule has 20 heavy (non-hydrogen) atoms. The number of nitrogens with two attached hydrogens (primary N) is 1. The highest BCUT2D eigenvalue weighted by molar-refractivity contribution is 6.31. The molecule has 0 bridgehead atoms. The van der Waals surface area contributed by atoms with E-state index < -0.39 is 6.10 Å². The first-order valence-corrected chi connectivity index (χ1v) is 6.51. The molecule has 1 fully saturated rings. The van der Waals surface area contributed by atoms with Crippen LogP contribution in [0.15, 0.2) is 18.2 Å². The minimum atomic E-state index is -0.461. The van der Waals surface area contributed by atoms with Gasteiger partial charge in [-0.05, 0) is 31.0 Å². The second kappa shape index (κ2) is 7.69. The van der Waals surface area contributed by atoms with E-state index in [2.05, 4.69) is 5.32 Å². The highest BCUT2D eigenvalue weighted by Crippen LogP contribution is 2.29. The van der Waals surface area contributed by atoms with Gasteiger partial charge in [-0.15, -0.1) is 12.4 Å². The Kier molecular flexibility index (Phi) is 6.55. The van der Waals surface area contributed by atoms with E-state index in [-0.39, 0.29) is 24.4 Å². The number of anilines is 1. The third-order valence-electron chi connectivity index (χ3n) is 3.08. The van der Waals surface area contributed by atoms with E-state index in [4.69, 9.17) is 26.8 Å². The predicted octanol–water partition coefficient (Wildman–Crippen LogP) is 2.22. The van der Waals surface area contributed by atoms with E-state index in [0.29, 0.717) is 29.4 Å². The fourth-order valence-corrected chi connectivity index (χ4v) is 2.24. The summed E-state index contributed by atoms with van der Waals surface area (Å²) in [5, 5.41) is 3.31. The van der Waals surface area contributed by atoms with Crippen molar-refractivity contribution in [2.45, 2.75) is 25.0 Å². The standard InChI is InChI=1S/C13H17ClN2O3.ClH/c1-18-11-4-2-8(14)6-10(11)16-13(17)12-5-3-9(7-15)19-12;/h2,4,6,9,12H,3,5,7,15H2,1H3,(H,16,17);1H/t9-,12+;/m1./s1. The van der Waals surface area contributed by atoms with Gasteiger partial charge in [-0.2, -0.15) is 0 Å². The van der Waals surface area contributed by atoms with Gasteiger partial charge in [-0.3, -0.25) is 4.79 Å². The molecule has 1 amide bonds. The first-order chi connectivity index (χ1) is 9.13. The number of halogens is 2. The van der Waals surface area contributed by atoms with Gasteiger partial charge in [0.2, 0.25) is 0 Å². The molecule has 0 radical (unpaired) electrons. The SMILES string of the molecule is COc1ccc(Cl)cc1NC(=O)[C@@H]1CC[C@H](CN)O1.Cl. The number of nitrogens with one attached hydrogen (secondary N) is 1. The van der Waals surface area contributed by atoms with Gasteiger partial charge in [-0.1, -0.05) is 11.6 Å². The largest absolute Gasteiger partial charge is 0.495 e. The van der Waals surface area contributed by atoms with E-state index in [1.165, 1.54) is 7.11 Å². The number of carbonyl (C=O) groups excluding carboxylic acids is 1. The molecule has 0 spiro atoms. The Bertz CT molecular complexity index is 471. The van der Waals surface area contributed by atoms with Gasteiger partial charge in [-0.25, -0.2) is 0 Å². The lowest BCUT2D eigenvalue weighted by molar-refractivity contribution is -0.126. The van der Waals surface area contributed by atoms with Crippen molar-refractivity contribution < 1.29 is 14.3 Å². The fraction of sp³-hybridized carbons (Fsp3) is 0.462. The zero-order chi connectivity index (χ0) is 13.8. The summed E-state index contributed by atoms with van der Waals surface area (Å²) in [5.41, 5.74) is 6.06. The van der Waals surface area contributed by atoms with Crippen LogP contribution in [0.25, 0.3) is 0 Å². The molecule has 5 nitrogen and oxygen atoms in total. The Morgan fingerprint density at radius 1 is 1.55 bits per heavy atom. The van der Waals surface area contributed by atoms with Gasteiger partial charge in [0, 0.05) is 11.6 Å². The van der Waals surface area contributed by atoms with Crippen LogP contribution in [-0.4, -0.2) is 31.8 Å². The summed E-state index contributed by atoms with van der Waals surface area (Å²) in [6.45, 7) is 0.435. The predicted molar refractivity (Wildman–Crippen MR) is 80.8 cm³/mol. The Morgan fingerprint density at radius 2 is 2.30 bits per heavy atom. The maximum absolute atomic E-state index is 12.1. The lowest BCUT2D eigenvalue weighted by Gasteiger charge is -2.14. The Morgan fingerprint density at radius 3 is 2.90 bits per heavy atom. The van der Waals surface area contributed by atoms with Crippen molar-refractivity contribution in [3.63, 3.8) is 0 Å². The van der Waals surface area contributed by atoms with Crippen LogP contribution in [0.1, 0.15) is 12.8 Å². The van der Waals surface area contributed by atoms with Crippen LogP contribution in [0, 0.1) is 0 Å². The van der Waals surface area contributed by atoms with Crippen molar-refractivity contribution in [2.24, 2.45) is 5.73 Å². The molecule has 112 valence electrons. The molecule has 0 saturated carbocycles. The van der Waals surface area contributed by atoms with Crippen molar-refractivity contribution >= 4 is 35.6 Å². The molecule has 1 aliphatic heterocycles. The van der Waals surface area contributed by atoms with Crippen molar-refractivity contribution in [3.8, 4) is 5.75 Å². The summed E-state index contributed by atoms with van der Waals surface area (Å²) in [4.78, 5) is 12.1. The van der Waals surface area contributed by atoms with Gasteiger partial charge in [0.05, 0.1) is 18.9 Å². The second-order valence-corrected chi connectivity index (χ2v) is 4.83. The zero-order valence-electron chi connectivity index (χ0n) is 11.1. The van der Waals surface area contributed by atoms with E-state index in [9.17, 15) is 4.79 Å². The zero-order valence-corrected chi connectivity index (χ0v) is 12.7. The molecule has 3 N–H and O–H groups in total. The molecule has 0 aliphatic carbocycles. The first-order valence-electron chi connectivity index (χ1n) is 6.14. The van der Waals surface area contributed by atoms with Gasteiger partial charge in [0.1, 0.15) is 11.9 Å². The van der Waals surface area contributed by atoms with E-state index in [1.807, 2.05) is 0 Å². The summed E-state index contributed by atoms with van der Waals surface area (Å²) in [7, 11) is 1.54. The number of amides is 1. The Labute approximate surface area is 129 Å². The molecule has 1 aliphatic rings. The third kappa shape index (κ3) is 3.99. The molecule has 7 heteroatoms. The summed E-state index contributed by atoms with van der Waals surface area (Å²) in [5.74, 6) is 0.364. The highest BCUT2D eigenvalue weighted by atomic mass is 35.5. The number of benzene rings is 1. The smallest absolute Gasteiger partial charge is 0.253 e. The minimum Gasteiger partial charge on any atom is -0.495 e. The van der Waals surface area contributed by atoms with E-state index >= 15 is 0 Å². The fourth-order valence-electron chi connectivity index (χ4n) is 2.06. The quantitative estimate of drug-likeness (QED) is 0.892. The summed E-state index contributed by atoms with van der Waals surface area (Å²) in [6.07, 6.45) is 0.993. The Hall–Kier alpha value is -1.01. The van der Waals surface area contributed by atoms with Gasteiger partial charge >= 0.3 is 0 Å². The lowest BCUT2D eigenvalue weighted by Crippen LogP contribution is -2.29. The van der Waals surface area contributed by atoms with Gasteiger partial charge in [0.15, 0.2) is 0 Å². The number of carbonyl (C=O) groups is 1. The molecule has 1 saturated heterocycles. The number of ether oxygens (including phenoxy) is 2. The van der Waals surface area contributed by atoms with E-state index in [0.717, 1.165) is 6.42 Å². The van der Waals surface area contributed by atoms with Crippen LogP contribution in [-0.2, 0) is 9.53 Å². The molecule has 1 heterocycles. The van der Waals surface area contributed by atoms with Crippen molar-refractivity contribution in [1.29, 1.82) is 0 Å². The normalized spacial score (nSPS) is 21.1. The van der Waals surface area contributed by atoms with Crippen LogP contribution >= 0.6 is 24.0 Å². The van der Waals surface area contributed by atoms with Crippen molar-refractivity contribution in [2.75, 3.05) is 19.0 Å². The van der Waals surface area contributed by atoms with Crippen molar-refractivity contribution in [3.05, 3.63) is 23.2 Å². The summed E-state index contributed by atoms with van der Waals surface area (Å²) in [6, 6.07) is 5.05. The molecule has 0 aromatic heterocycles. The van der Waals surface area contributed by atoms with Crippen LogP contribution in [0.2, 0.25) is 5.02 Å². The number of methoxy groups -OCH3 is 1. The molecular weight excluding hydrogens is 303 g/mol. The molecule has 2 atom stereocenters. The second-order valence-electron chi connectivity index (χ2n) is 4.39. The average Bonchev–Trinajstić information content (AvgIpc) is 2.88. The third-order valence-corrected chi connectivity index (χ3v) is 3.32. The van der Waals surface area contributed by atoms with E-state index in [1.54, 1.807) is 18.2 Å². The number of hydrogen-bond donors (Lipinski definition) is 2. The average molecular weight is 321 g/mol. The number of rotatable bonds is 4. The summed E-state index contributed by atoms with van der Waals surface area (Å²) < 4.78 is 10.7. The highest BCUT2D eigenvalue weighted by Gasteiger charge is 2.30. The van der Waals surface area contributed by atoms with Crippen molar-refractivity contribution in [1.82, 2.24) is 0 Å². The molecule has 2 rings (SSSR count). The van der Waals surface area contributed by atoms with Crippen LogP contribution in [0.5, 0.6) is 5.75 Å². The van der Waals surface area contributed by atoms with Gasteiger partial charge in [0.25, 0.3) is 5.91 Å². The first kappa shape index (κ1) is 17.0. The van der Waals surface area contributed by atoms with Gasteiger partial charge < -0.3 is 20.5 Å². The maximum Gasteiger partial charge on any atom is 0.253 e. The molecule has 1 aromatic rings. The molecule has 1 aromatic carbocycles. The summed E-state index contributed by atoms with van der Waals surface area (Å²) >= 11 is 5.91. The monoisotopic (exact) mass is 320 g/mol. The molecular formula is C13H18Cl2N2O3. The van der Waals surface area contributed by atoms with Crippen LogP contribution in [0.3, 0.4) is 0 Å². The maximum atomic E-state index is 12.1. The topological polar surface area (TPSA) is 73.6 Å². The Balaban J connectivity index is 0.00000200. The minimum absolute atomic E-state index is 0. The number of hydrogen-bond acceptors (Lipinski definition) is 4.